The number of carbonyl (C=O) groups excluding carboxylic acids is 2. The number of rotatable bonds is 5. The van der Waals surface area contributed by atoms with Crippen LogP contribution in [0.15, 0.2) is 45.0 Å². The number of Topliss-reactive ketones (excluding diaryl/α,β-unsaturated/α-hetero) is 1. The van der Waals surface area contributed by atoms with E-state index in [4.69, 9.17) is 4.74 Å². The molecule has 3 rings (SSSR count). The van der Waals surface area contributed by atoms with E-state index in [1.54, 1.807) is 43.3 Å². The minimum Gasteiger partial charge on any atom is -0.452 e. The molecular weight excluding hydrogens is 408 g/mol. The van der Waals surface area contributed by atoms with Crippen molar-refractivity contribution in [3.8, 4) is 0 Å². The van der Waals surface area contributed by atoms with Crippen LogP contribution >= 0.6 is 27.3 Å². The molecule has 2 aromatic heterocycles. The number of hydrogen-bond donors (Lipinski definition) is 0. The van der Waals surface area contributed by atoms with Crippen molar-refractivity contribution in [3.05, 3.63) is 61.1 Å². The molecule has 8 heteroatoms. The lowest BCUT2D eigenvalue weighted by molar-refractivity contribution is 0.0469. The Bertz CT molecular complexity index is 1020. The second-order valence-corrected chi connectivity index (χ2v) is 7.58. The number of aromatic nitrogens is 2. The maximum absolute atomic E-state index is 12.4. The number of esters is 1. The Labute approximate surface area is 155 Å². The molecule has 0 aliphatic carbocycles. The van der Waals surface area contributed by atoms with Crippen LogP contribution in [0.25, 0.3) is 10.8 Å². The lowest BCUT2D eigenvalue weighted by Gasteiger charge is -2.09. The van der Waals surface area contributed by atoms with Crippen molar-refractivity contribution in [1.82, 2.24) is 9.78 Å². The zero-order chi connectivity index (χ0) is 18.0. The predicted octanol–water partition coefficient (Wildman–Crippen LogP) is 3.28. The minimum atomic E-state index is -0.734. The van der Waals surface area contributed by atoms with Crippen LogP contribution in [0, 0.1) is 0 Å². The van der Waals surface area contributed by atoms with E-state index in [9.17, 15) is 14.4 Å². The summed E-state index contributed by atoms with van der Waals surface area (Å²) in [5.74, 6) is -1.03. The number of ether oxygens (including phenoxy) is 1. The fraction of sp³-hybridized carbons (Fsp3) is 0.176. The van der Waals surface area contributed by atoms with Gasteiger partial charge in [-0.3, -0.25) is 9.59 Å². The average Bonchev–Trinajstić information content (AvgIpc) is 3.06. The van der Waals surface area contributed by atoms with Crippen molar-refractivity contribution >= 4 is 49.8 Å². The maximum atomic E-state index is 12.4. The Balaban J connectivity index is 1.88. The topological polar surface area (TPSA) is 78.3 Å². The molecule has 128 valence electrons. The highest BCUT2D eigenvalue weighted by atomic mass is 79.9. The number of ketones is 1. The molecule has 0 aliphatic rings. The number of halogens is 1. The lowest BCUT2D eigenvalue weighted by atomic mass is 10.1. The lowest BCUT2D eigenvalue weighted by Crippen LogP contribution is -2.26. The number of carbonyl (C=O) groups is 2. The van der Waals surface area contributed by atoms with Crippen LogP contribution in [0.5, 0.6) is 0 Å². The first-order valence-corrected chi connectivity index (χ1v) is 9.07. The highest BCUT2D eigenvalue weighted by Gasteiger charge is 2.19. The minimum absolute atomic E-state index is 0.0252. The maximum Gasteiger partial charge on any atom is 0.359 e. The van der Waals surface area contributed by atoms with Crippen LogP contribution in [-0.4, -0.2) is 28.1 Å². The van der Waals surface area contributed by atoms with Gasteiger partial charge in [0.1, 0.15) is 0 Å². The van der Waals surface area contributed by atoms with E-state index in [0.29, 0.717) is 22.2 Å². The molecule has 25 heavy (non-hydrogen) atoms. The van der Waals surface area contributed by atoms with Gasteiger partial charge in [-0.2, -0.15) is 5.10 Å². The van der Waals surface area contributed by atoms with Gasteiger partial charge in [0, 0.05) is 11.9 Å². The van der Waals surface area contributed by atoms with Gasteiger partial charge in [-0.1, -0.05) is 18.2 Å². The van der Waals surface area contributed by atoms with Crippen molar-refractivity contribution in [2.24, 2.45) is 0 Å². The van der Waals surface area contributed by atoms with Crippen LogP contribution in [0.2, 0.25) is 0 Å². The fourth-order valence-corrected chi connectivity index (χ4v) is 3.65. The molecule has 2 heterocycles. The van der Waals surface area contributed by atoms with E-state index in [0.717, 1.165) is 3.79 Å². The van der Waals surface area contributed by atoms with Gasteiger partial charge in [0.25, 0.3) is 5.56 Å². The summed E-state index contributed by atoms with van der Waals surface area (Å²) in [6.45, 7) is 1.70. The van der Waals surface area contributed by atoms with Crippen LogP contribution in [0.4, 0.5) is 0 Å². The predicted molar refractivity (Wildman–Crippen MR) is 98.3 cm³/mol. The molecule has 0 N–H and O–H groups in total. The molecule has 0 unspecified atom stereocenters. The van der Waals surface area contributed by atoms with Crippen LogP contribution in [-0.2, 0) is 11.3 Å². The molecule has 0 radical (unpaired) electrons. The monoisotopic (exact) mass is 420 g/mol. The van der Waals surface area contributed by atoms with Crippen molar-refractivity contribution in [2.75, 3.05) is 6.61 Å². The van der Waals surface area contributed by atoms with E-state index in [1.807, 2.05) is 0 Å². The van der Waals surface area contributed by atoms with Crippen molar-refractivity contribution < 1.29 is 14.3 Å². The Morgan fingerprint density at radius 3 is 2.56 bits per heavy atom. The Morgan fingerprint density at radius 1 is 1.20 bits per heavy atom. The molecule has 0 fully saturated rings. The summed E-state index contributed by atoms with van der Waals surface area (Å²) in [5.41, 5.74) is -0.244. The van der Waals surface area contributed by atoms with Gasteiger partial charge in [0.05, 0.1) is 14.0 Å². The number of benzene rings is 1. The molecule has 0 aliphatic heterocycles. The van der Waals surface area contributed by atoms with Gasteiger partial charge in [-0.15, -0.1) is 11.3 Å². The van der Waals surface area contributed by atoms with Gasteiger partial charge in [-0.05, 0) is 41.1 Å². The third-order valence-electron chi connectivity index (χ3n) is 3.54. The number of hydrogen-bond acceptors (Lipinski definition) is 6. The summed E-state index contributed by atoms with van der Waals surface area (Å²) >= 11 is 4.55. The molecule has 0 bridgehead atoms. The molecule has 6 nitrogen and oxygen atoms in total. The normalized spacial score (nSPS) is 10.8. The van der Waals surface area contributed by atoms with E-state index in [1.165, 1.54) is 16.0 Å². The van der Waals surface area contributed by atoms with Gasteiger partial charge in [0.15, 0.2) is 12.3 Å². The highest BCUT2D eigenvalue weighted by Crippen LogP contribution is 2.22. The Kier molecular flexibility index (Phi) is 5.10. The molecule has 0 amide bonds. The van der Waals surface area contributed by atoms with Gasteiger partial charge in [-0.25, -0.2) is 9.48 Å². The van der Waals surface area contributed by atoms with Gasteiger partial charge < -0.3 is 4.74 Å². The first-order chi connectivity index (χ1) is 12.0. The molecule has 1 aromatic carbocycles. The molecule has 0 saturated heterocycles. The zero-order valence-corrected chi connectivity index (χ0v) is 15.6. The third-order valence-corrected chi connectivity index (χ3v) is 5.21. The smallest absolute Gasteiger partial charge is 0.359 e. The molecular formula is C17H13BrN2O4S. The van der Waals surface area contributed by atoms with E-state index in [2.05, 4.69) is 21.0 Å². The average molecular weight is 421 g/mol. The number of fused-ring (bicyclic) bond motifs is 1. The zero-order valence-electron chi connectivity index (χ0n) is 13.2. The number of aryl methyl sites for hydroxylation is 1. The summed E-state index contributed by atoms with van der Waals surface area (Å²) in [6, 6.07) is 10.1. The van der Waals surface area contributed by atoms with E-state index < -0.39 is 5.97 Å². The molecule has 3 aromatic rings. The van der Waals surface area contributed by atoms with Crippen molar-refractivity contribution in [1.29, 1.82) is 0 Å². The standard InChI is InChI=1S/C17H13BrN2O4S/c1-2-20-16(22)11-6-4-3-5-10(11)15(19-20)17(23)24-9-12(21)13-7-8-14(18)25-13/h3-8H,2,9H2,1H3. The highest BCUT2D eigenvalue weighted by molar-refractivity contribution is 9.11. The quantitative estimate of drug-likeness (QED) is 0.467. The molecule has 0 spiro atoms. The Morgan fingerprint density at radius 2 is 1.92 bits per heavy atom. The second-order valence-electron chi connectivity index (χ2n) is 5.12. The van der Waals surface area contributed by atoms with Gasteiger partial charge in [0.2, 0.25) is 5.78 Å². The first-order valence-electron chi connectivity index (χ1n) is 7.46. The summed E-state index contributed by atoms with van der Waals surface area (Å²) in [6.07, 6.45) is 0. The summed E-state index contributed by atoms with van der Waals surface area (Å²) in [7, 11) is 0. The molecule has 0 saturated carbocycles. The summed E-state index contributed by atoms with van der Waals surface area (Å²) in [5, 5.41) is 4.89. The summed E-state index contributed by atoms with van der Waals surface area (Å²) in [4.78, 5) is 37.3. The van der Waals surface area contributed by atoms with Crippen molar-refractivity contribution in [3.63, 3.8) is 0 Å². The first kappa shape index (κ1) is 17.5. The largest absolute Gasteiger partial charge is 0.452 e. The Hall–Kier alpha value is -2.32. The van der Waals surface area contributed by atoms with Crippen LogP contribution in [0.3, 0.4) is 0 Å². The van der Waals surface area contributed by atoms with Crippen molar-refractivity contribution in [2.45, 2.75) is 13.5 Å². The van der Waals surface area contributed by atoms with E-state index >= 15 is 0 Å². The van der Waals surface area contributed by atoms with Crippen LogP contribution in [0.1, 0.15) is 27.1 Å². The second kappa shape index (κ2) is 7.28. The summed E-state index contributed by atoms with van der Waals surface area (Å²) < 4.78 is 7.16. The third kappa shape index (κ3) is 3.54. The van der Waals surface area contributed by atoms with E-state index in [-0.39, 0.29) is 23.6 Å². The number of nitrogens with zero attached hydrogens (tertiary/aromatic N) is 2. The SMILES string of the molecule is CCn1nc(C(=O)OCC(=O)c2ccc(Br)s2)c2ccccc2c1=O. The molecule has 0 atom stereocenters. The van der Waals surface area contributed by atoms with Gasteiger partial charge >= 0.3 is 5.97 Å². The number of thiophene rings is 1. The fourth-order valence-electron chi connectivity index (χ4n) is 2.33. The van der Waals surface area contributed by atoms with Crippen LogP contribution < -0.4 is 5.56 Å².